The zero-order valence-electron chi connectivity index (χ0n) is 19.5. The van der Waals surface area contributed by atoms with E-state index < -0.39 is 37.3 Å². The summed E-state index contributed by atoms with van der Waals surface area (Å²) in [4.78, 5) is 10.0. The van der Waals surface area contributed by atoms with Gasteiger partial charge in [0.05, 0.1) is 68.6 Å². The van der Waals surface area contributed by atoms with Crippen molar-refractivity contribution in [1.82, 2.24) is 29.0 Å². The van der Waals surface area contributed by atoms with Crippen LogP contribution >= 0.6 is 0 Å². The molecule has 2 saturated heterocycles. The van der Waals surface area contributed by atoms with Gasteiger partial charge in [0.25, 0.3) is 12.3 Å². The summed E-state index contributed by atoms with van der Waals surface area (Å²) in [6.07, 6.45) is -0.200. The second kappa shape index (κ2) is 8.80. The lowest BCUT2D eigenvalue weighted by atomic mass is 10.1. The zero-order valence-corrected chi connectivity index (χ0v) is 19.5. The third-order valence-electron chi connectivity index (χ3n) is 6.77. The van der Waals surface area contributed by atoms with Gasteiger partial charge in [-0.2, -0.15) is 4.98 Å². The molecule has 2 aliphatic heterocycles. The number of halogens is 5. The van der Waals surface area contributed by atoms with E-state index >= 15 is 4.39 Å². The SMILES string of the molecule is COc1nc(NC2CN(C3COC3)CC2(F)F)nn2cc(F)c(-c3ccc4ncn(CC(F)F)c4c3)c12. The van der Waals surface area contributed by atoms with Gasteiger partial charge in [0, 0.05) is 6.54 Å². The number of alkyl halides is 4. The number of ether oxygens (including phenoxy) is 2. The molecule has 1 atom stereocenters. The molecule has 14 heteroatoms. The van der Waals surface area contributed by atoms with E-state index in [1.54, 1.807) is 23.1 Å². The van der Waals surface area contributed by atoms with Gasteiger partial charge in [-0.3, -0.25) is 4.90 Å². The number of nitrogens with zero attached hydrogens (tertiary/aromatic N) is 6. The first-order valence-electron chi connectivity index (χ1n) is 11.6. The standard InChI is InChI=1S/C23H22F5N7O2/c1-36-21-20-19(12-2-3-15-16(4-12)34(11-29-15)7-18(25)26)14(24)5-35(20)32-22(31-21)30-17-6-33(10-23(17,27)28)13-8-37-9-13/h2-5,11,13,17-18H,6-10H2,1H3,(H,30,32). The third kappa shape index (κ3) is 4.13. The molecule has 4 aromatic rings. The Hall–Kier alpha value is -3.52. The fraction of sp³-hybridized carbons (Fsp3) is 0.435. The van der Waals surface area contributed by atoms with E-state index in [9.17, 15) is 17.6 Å². The summed E-state index contributed by atoms with van der Waals surface area (Å²) in [5, 5.41) is 6.90. The van der Waals surface area contributed by atoms with Gasteiger partial charge < -0.3 is 19.4 Å². The molecule has 0 amide bonds. The molecule has 9 nitrogen and oxygen atoms in total. The molecule has 2 aliphatic rings. The zero-order chi connectivity index (χ0) is 25.9. The van der Waals surface area contributed by atoms with Crippen LogP contribution in [0, 0.1) is 5.82 Å². The monoisotopic (exact) mass is 523 g/mol. The molecule has 6 rings (SSSR count). The van der Waals surface area contributed by atoms with Crippen molar-refractivity contribution < 1.29 is 31.4 Å². The Morgan fingerprint density at radius 1 is 1.27 bits per heavy atom. The average molecular weight is 523 g/mol. The van der Waals surface area contributed by atoms with Crippen molar-refractivity contribution in [2.45, 2.75) is 31.0 Å². The molecule has 0 saturated carbocycles. The molecule has 0 radical (unpaired) electrons. The lowest BCUT2D eigenvalue weighted by molar-refractivity contribution is -0.0711. The van der Waals surface area contributed by atoms with Gasteiger partial charge in [0.2, 0.25) is 11.8 Å². The number of methoxy groups -OCH3 is 1. The lowest BCUT2D eigenvalue weighted by Crippen LogP contribution is -2.48. The molecule has 0 aliphatic carbocycles. The topological polar surface area (TPSA) is 81.7 Å². The van der Waals surface area contributed by atoms with Crippen molar-refractivity contribution in [3.8, 4) is 17.0 Å². The number of likely N-dealkylation sites (tertiary alicyclic amines) is 1. The van der Waals surface area contributed by atoms with E-state index in [0.717, 1.165) is 6.20 Å². The van der Waals surface area contributed by atoms with Crippen LogP contribution in [-0.4, -0.2) is 86.9 Å². The minimum absolute atomic E-state index is 0.0388. The lowest BCUT2D eigenvalue weighted by Gasteiger charge is -2.34. The van der Waals surface area contributed by atoms with E-state index in [1.807, 2.05) is 0 Å². The van der Waals surface area contributed by atoms with Crippen molar-refractivity contribution in [1.29, 1.82) is 0 Å². The van der Waals surface area contributed by atoms with Crippen LogP contribution in [0.5, 0.6) is 5.88 Å². The predicted octanol–water partition coefficient (Wildman–Crippen LogP) is 3.29. The number of hydrogen-bond acceptors (Lipinski definition) is 7. The molecule has 0 spiro atoms. The van der Waals surface area contributed by atoms with Crippen molar-refractivity contribution in [2.75, 3.05) is 38.7 Å². The summed E-state index contributed by atoms with van der Waals surface area (Å²) in [6.45, 7) is -0.0663. The van der Waals surface area contributed by atoms with Crippen molar-refractivity contribution in [3.05, 3.63) is 36.5 Å². The predicted molar refractivity (Wildman–Crippen MR) is 123 cm³/mol. The summed E-state index contributed by atoms with van der Waals surface area (Å²) in [6, 6.07) is 3.44. The van der Waals surface area contributed by atoms with Crippen LogP contribution < -0.4 is 10.1 Å². The average Bonchev–Trinajstić information content (AvgIpc) is 3.44. The molecule has 37 heavy (non-hydrogen) atoms. The highest BCUT2D eigenvalue weighted by Gasteiger charge is 2.51. The highest BCUT2D eigenvalue weighted by molar-refractivity contribution is 5.90. The van der Waals surface area contributed by atoms with E-state index in [4.69, 9.17) is 9.47 Å². The van der Waals surface area contributed by atoms with Crippen LogP contribution in [0.25, 0.3) is 27.7 Å². The van der Waals surface area contributed by atoms with Gasteiger partial charge in [0.1, 0.15) is 11.6 Å². The maximum atomic E-state index is 15.2. The first-order valence-corrected chi connectivity index (χ1v) is 11.6. The summed E-state index contributed by atoms with van der Waals surface area (Å²) < 4.78 is 83.6. The van der Waals surface area contributed by atoms with Gasteiger partial charge in [-0.05, 0) is 17.7 Å². The van der Waals surface area contributed by atoms with E-state index in [0.29, 0.717) is 29.8 Å². The van der Waals surface area contributed by atoms with E-state index in [2.05, 4.69) is 20.4 Å². The van der Waals surface area contributed by atoms with Crippen molar-refractivity contribution >= 4 is 22.5 Å². The largest absolute Gasteiger partial charge is 0.479 e. The highest BCUT2D eigenvalue weighted by atomic mass is 19.3. The number of fused-ring (bicyclic) bond motifs is 2. The van der Waals surface area contributed by atoms with Crippen LogP contribution in [0.3, 0.4) is 0 Å². The van der Waals surface area contributed by atoms with Gasteiger partial charge in [-0.25, -0.2) is 31.5 Å². The van der Waals surface area contributed by atoms with E-state index in [1.165, 1.54) is 22.5 Å². The van der Waals surface area contributed by atoms with Crippen LogP contribution in [0.1, 0.15) is 0 Å². The number of rotatable bonds is 7. The quantitative estimate of drug-likeness (QED) is 0.373. The molecule has 1 N–H and O–H groups in total. The molecule has 1 unspecified atom stereocenters. The molecule has 2 fully saturated rings. The minimum atomic E-state index is -3.04. The van der Waals surface area contributed by atoms with Crippen molar-refractivity contribution in [2.24, 2.45) is 0 Å². The Labute approximate surface area is 206 Å². The number of benzene rings is 1. The van der Waals surface area contributed by atoms with Crippen LogP contribution in [0.4, 0.5) is 27.9 Å². The number of hydrogen-bond donors (Lipinski definition) is 1. The first-order chi connectivity index (χ1) is 17.7. The molecule has 5 heterocycles. The molecule has 196 valence electrons. The van der Waals surface area contributed by atoms with E-state index in [-0.39, 0.29) is 35.5 Å². The number of imidazole rings is 1. The summed E-state index contributed by atoms with van der Waals surface area (Å²) in [7, 11) is 1.32. The Morgan fingerprint density at radius 2 is 2.08 bits per heavy atom. The van der Waals surface area contributed by atoms with Crippen LogP contribution in [0.15, 0.2) is 30.7 Å². The van der Waals surface area contributed by atoms with Gasteiger partial charge >= 0.3 is 0 Å². The number of nitrogens with one attached hydrogen (secondary N) is 1. The first kappa shape index (κ1) is 23.9. The summed E-state index contributed by atoms with van der Waals surface area (Å²) >= 11 is 0. The van der Waals surface area contributed by atoms with Gasteiger partial charge in [0.15, 0.2) is 5.82 Å². The second-order valence-electron chi connectivity index (χ2n) is 9.16. The Kier molecular flexibility index (Phi) is 5.67. The highest BCUT2D eigenvalue weighted by Crippen LogP contribution is 2.37. The summed E-state index contributed by atoms with van der Waals surface area (Å²) in [5.74, 6) is -3.90. The minimum Gasteiger partial charge on any atom is -0.479 e. The molecule has 3 aromatic heterocycles. The summed E-state index contributed by atoms with van der Waals surface area (Å²) in [5.41, 5.74) is 1.49. The fourth-order valence-corrected chi connectivity index (χ4v) is 4.84. The third-order valence-corrected chi connectivity index (χ3v) is 6.77. The molecule has 0 bridgehead atoms. The maximum Gasteiger partial charge on any atom is 0.281 e. The van der Waals surface area contributed by atoms with Gasteiger partial charge in [-0.1, -0.05) is 6.07 Å². The van der Waals surface area contributed by atoms with Gasteiger partial charge in [-0.15, -0.1) is 5.10 Å². The number of anilines is 1. The van der Waals surface area contributed by atoms with Crippen LogP contribution in [-0.2, 0) is 11.3 Å². The molecule has 1 aromatic carbocycles. The Bertz CT molecular complexity index is 1470. The second-order valence-corrected chi connectivity index (χ2v) is 9.16. The fourth-order valence-electron chi connectivity index (χ4n) is 4.84. The Balaban J connectivity index is 1.36. The molecular formula is C23H22F5N7O2. The maximum absolute atomic E-state index is 15.2. The number of aromatic nitrogens is 5. The van der Waals surface area contributed by atoms with Crippen LogP contribution in [0.2, 0.25) is 0 Å². The Morgan fingerprint density at radius 3 is 2.78 bits per heavy atom. The molecular weight excluding hydrogens is 501 g/mol. The smallest absolute Gasteiger partial charge is 0.281 e. The van der Waals surface area contributed by atoms with Crippen molar-refractivity contribution in [3.63, 3.8) is 0 Å². The normalized spacial score (nSPS) is 20.2.